The molecule has 0 aliphatic carbocycles. The molecule has 0 bridgehead atoms. The molecule has 6 nitrogen and oxygen atoms in total. The van der Waals surface area contributed by atoms with Gasteiger partial charge in [-0.05, 0) is 18.2 Å². The molecule has 0 saturated carbocycles. The standard InChI is InChI=1S/C12H7FN2O4S/c13-8-4-3-7-11(12(8)15(18)19)20-10-6-2-1-5-9(10)14(16)17/h1-7H. The molecule has 0 fully saturated rings. The smallest absolute Gasteiger partial charge is 0.258 e. The Kier molecular flexibility index (Phi) is 3.94. The molecular weight excluding hydrogens is 287 g/mol. The first-order valence-electron chi connectivity index (χ1n) is 5.35. The Labute approximate surface area is 116 Å². The Morgan fingerprint density at radius 2 is 1.55 bits per heavy atom. The Morgan fingerprint density at radius 3 is 2.20 bits per heavy atom. The minimum absolute atomic E-state index is 0.0179. The quantitative estimate of drug-likeness (QED) is 0.632. The molecule has 8 heteroatoms. The van der Waals surface area contributed by atoms with Gasteiger partial charge in [-0.25, -0.2) is 0 Å². The summed E-state index contributed by atoms with van der Waals surface area (Å²) in [5.74, 6) is -0.974. The first-order chi connectivity index (χ1) is 9.50. The third kappa shape index (κ3) is 2.75. The fourth-order valence-corrected chi connectivity index (χ4v) is 2.61. The van der Waals surface area contributed by atoms with Gasteiger partial charge in [0.2, 0.25) is 5.82 Å². The van der Waals surface area contributed by atoms with E-state index >= 15 is 0 Å². The molecule has 20 heavy (non-hydrogen) atoms. The number of benzene rings is 2. The molecule has 0 amide bonds. The molecule has 0 saturated heterocycles. The van der Waals surface area contributed by atoms with Crippen LogP contribution >= 0.6 is 11.8 Å². The van der Waals surface area contributed by atoms with E-state index in [1.807, 2.05) is 0 Å². The van der Waals surface area contributed by atoms with Crippen molar-refractivity contribution >= 4 is 23.1 Å². The van der Waals surface area contributed by atoms with E-state index in [0.29, 0.717) is 0 Å². The summed E-state index contributed by atoms with van der Waals surface area (Å²) >= 11 is 0.788. The predicted molar refractivity (Wildman–Crippen MR) is 70.3 cm³/mol. The lowest BCUT2D eigenvalue weighted by molar-refractivity contribution is -0.390. The minimum atomic E-state index is -0.974. The van der Waals surface area contributed by atoms with Crippen LogP contribution in [-0.2, 0) is 0 Å². The third-order valence-electron chi connectivity index (χ3n) is 2.41. The summed E-state index contributed by atoms with van der Waals surface area (Å²) in [6.07, 6.45) is 0. The van der Waals surface area contributed by atoms with Crippen LogP contribution in [0, 0.1) is 26.0 Å². The molecule has 0 spiro atoms. The summed E-state index contributed by atoms with van der Waals surface area (Å²) in [6.45, 7) is 0. The van der Waals surface area contributed by atoms with Gasteiger partial charge in [0, 0.05) is 6.07 Å². The molecule has 0 aliphatic rings. The van der Waals surface area contributed by atoms with Crippen molar-refractivity contribution in [2.45, 2.75) is 9.79 Å². The van der Waals surface area contributed by atoms with Crippen molar-refractivity contribution in [2.24, 2.45) is 0 Å². The Bertz CT molecular complexity index is 693. The van der Waals surface area contributed by atoms with Crippen molar-refractivity contribution in [1.29, 1.82) is 0 Å². The Morgan fingerprint density at radius 1 is 0.900 bits per heavy atom. The molecule has 2 aromatic rings. The number of hydrogen-bond donors (Lipinski definition) is 0. The number of nitro benzene ring substituents is 2. The summed E-state index contributed by atoms with van der Waals surface area (Å²) in [5.41, 5.74) is -0.869. The fraction of sp³-hybridized carbons (Fsp3) is 0. The average Bonchev–Trinajstić information content (AvgIpc) is 2.38. The second kappa shape index (κ2) is 5.66. The highest BCUT2D eigenvalue weighted by atomic mass is 32.2. The van der Waals surface area contributed by atoms with Crippen LogP contribution in [0.3, 0.4) is 0 Å². The van der Waals surface area contributed by atoms with Gasteiger partial charge in [-0.1, -0.05) is 30.0 Å². The van der Waals surface area contributed by atoms with Crippen LogP contribution in [-0.4, -0.2) is 9.85 Å². The normalized spacial score (nSPS) is 10.2. The first-order valence-corrected chi connectivity index (χ1v) is 6.16. The number of nitrogens with zero attached hydrogens (tertiary/aromatic N) is 2. The SMILES string of the molecule is O=[N+]([O-])c1ccccc1Sc1cccc(F)c1[N+](=O)[O-]. The van der Waals surface area contributed by atoms with E-state index in [0.717, 1.165) is 17.8 Å². The number of halogens is 1. The van der Waals surface area contributed by atoms with Crippen molar-refractivity contribution in [3.8, 4) is 0 Å². The number of hydrogen-bond acceptors (Lipinski definition) is 5. The number of nitro groups is 2. The second-order valence-electron chi connectivity index (χ2n) is 3.67. The molecule has 2 aromatic carbocycles. The summed E-state index contributed by atoms with van der Waals surface area (Å²) in [6, 6.07) is 9.44. The Hall–Kier alpha value is -2.48. The van der Waals surface area contributed by atoms with Crippen LogP contribution in [0.5, 0.6) is 0 Å². The van der Waals surface area contributed by atoms with Gasteiger partial charge >= 0.3 is 5.69 Å². The topological polar surface area (TPSA) is 86.3 Å². The first kappa shape index (κ1) is 13.9. The van der Waals surface area contributed by atoms with Crippen molar-refractivity contribution in [3.63, 3.8) is 0 Å². The van der Waals surface area contributed by atoms with Crippen LogP contribution in [0.15, 0.2) is 52.3 Å². The zero-order valence-electron chi connectivity index (χ0n) is 9.86. The van der Waals surface area contributed by atoms with Crippen molar-refractivity contribution < 1.29 is 14.2 Å². The maximum Gasteiger partial charge on any atom is 0.318 e. The molecule has 0 unspecified atom stereocenters. The molecule has 102 valence electrons. The maximum absolute atomic E-state index is 13.5. The van der Waals surface area contributed by atoms with E-state index in [4.69, 9.17) is 0 Å². The molecule has 0 heterocycles. The molecule has 0 N–H and O–H groups in total. The third-order valence-corrected chi connectivity index (χ3v) is 3.53. The summed E-state index contributed by atoms with van der Waals surface area (Å²) in [5, 5.41) is 21.8. The van der Waals surface area contributed by atoms with Gasteiger partial charge < -0.3 is 0 Å². The van der Waals surface area contributed by atoms with E-state index in [9.17, 15) is 24.6 Å². The maximum atomic E-state index is 13.5. The van der Waals surface area contributed by atoms with Gasteiger partial charge in [-0.15, -0.1) is 0 Å². The summed E-state index contributed by atoms with van der Waals surface area (Å²) < 4.78 is 13.5. The molecule has 0 radical (unpaired) electrons. The van der Waals surface area contributed by atoms with Crippen LogP contribution < -0.4 is 0 Å². The monoisotopic (exact) mass is 294 g/mol. The highest BCUT2D eigenvalue weighted by Crippen LogP contribution is 2.39. The summed E-state index contributed by atoms with van der Waals surface area (Å²) in [4.78, 5) is 20.6. The van der Waals surface area contributed by atoms with E-state index in [1.165, 1.54) is 30.3 Å². The van der Waals surface area contributed by atoms with Crippen molar-refractivity contribution in [2.75, 3.05) is 0 Å². The van der Waals surface area contributed by atoms with Gasteiger partial charge in [0.1, 0.15) is 0 Å². The fourth-order valence-electron chi connectivity index (χ4n) is 1.57. The van der Waals surface area contributed by atoms with E-state index in [-0.39, 0.29) is 15.5 Å². The molecule has 2 rings (SSSR count). The van der Waals surface area contributed by atoms with Gasteiger partial charge in [-0.3, -0.25) is 20.2 Å². The Balaban J connectivity index is 2.49. The number of para-hydroxylation sites is 2. The zero-order chi connectivity index (χ0) is 14.7. The highest BCUT2D eigenvalue weighted by molar-refractivity contribution is 7.99. The molecule has 0 aromatic heterocycles. The van der Waals surface area contributed by atoms with Gasteiger partial charge in [0.25, 0.3) is 5.69 Å². The second-order valence-corrected chi connectivity index (χ2v) is 4.75. The minimum Gasteiger partial charge on any atom is -0.258 e. The van der Waals surface area contributed by atoms with E-state index < -0.39 is 21.4 Å². The van der Waals surface area contributed by atoms with Crippen LogP contribution in [0.4, 0.5) is 15.8 Å². The lowest BCUT2D eigenvalue weighted by Gasteiger charge is -2.04. The van der Waals surface area contributed by atoms with Crippen molar-refractivity contribution in [1.82, 2.24) is 0 Å². The summed E-state index contributed by atoms with van der Waals surface area (Å²) in [7, 11) is 0. The van der Waals surface area contributed by atoms with Crippen LogP contribution in [0.25, 0.3) is 0 Å². The zero-order valence-corrected chi connectivity index (χ0v) is 10.7. The molecule has 0 atom stereocenters. The number of rotatable bonds is 4. The predicted octanol–water partition coefficient (Wildman–Crippen LogP) is 3.79. The van der Waals surface area contributed by atoms with E-state index in [1.54, 1.807) is 6.07 Å². The van der Waals surface area contributed by atoms with Gasteiger partial charge in [0.15, 0.2) is 0 Å². The highest BCUT2D eigenvalue weighted by Gasteiger charge is 2.23. The molecule has 0 aliphatic heterocycles. The van der Waals surface area contributed by atoms with Crippen LogP contribution in [0.1, 0.15) is 0 Å². The van der Waals surface area contributed by atoms with Gasteiger partial charge in [-0.2, -0.15) is 4.39 Å². The molecular formula is C12H7FN2O4S. The van der Waals surface area contributed by atoms with Crippen molar-refractivity contribution in [3.05, 3.63) is 68.5 Å². The van der Waals surface area contributed by atoms with Crippen LogP contribution in [0.2, 0.25) is 0 Å². The van der Waals surface area contributed by atoms with E-state index in [2.05, 4.69) is 0 Å². The van der Waals surface area contributed by atoms with Gasteiger partial charge in [0.05, 0.1) is 19.6 Å². The largest absolute Gasteiger partial charge is 0.318 e. The average molecular weight is 294 g/mol. The lowest BCUT2D eigenvalue weighted by atomic mass is 10.3. The lowest BCUT2D eigenvalue weighted by Crippen LogP contribution is -1.95.